The molecule has 1 aliphatic rings. The Morgan fingerprint density at radius 2 is 2.05 bits per heavy atom. The second kappa shape index (κ2) is 7.53. The lowest BCUT2D eigenvalue weighted by atomic mass is 9.89. The molecule has 0 aromatic carbocycles. The maximum Gasteiger partial charge on any atom is 0.223 e. The second-order valence-corrected chi connectivity index (χ2v) is 7.76. The molecule has 1 aromatic heterocycles. The Bertz CT molecular complexity index is 462. The molecule has 22 heavy (non-hydrogen) atoms. The molecule has 1 aliphatic heterocycles. The minimum Gasteiger partial charge on any atom is -0.391 e. The fraction of sp³-hybridized carbons (Fsp3) is 0.750. The van der Waals surface area contributed by atoms with Crippen LogP contribution >= 0.6 is 11.3 Å². The van der Waals surface area contributed by atoms with Gasteiger partial charge in [0.1, 0.15) is 0 Å². The molecule has 2 rings (SSSR count). The highest BCUT2D eigenvalue weighted by Crippen LogP contribution is 2.20. The van der Waals surface area contributed by atoms with Crippen molar-refractivity contribution < 1.29 is 9.90 Å². The molecule has 1 fully saturated rings. The van der Waals surface area contributed by atoms with E-state index >= 15 is 0 Å². The summed E-state index contributed by atoms with van der Waals surface area (Å²) in [5, 5.41) is 12.2. The van der Waals surface area contributed by atoms with Crippen molar-refractivity contribution in [1.82, 2.24) is 14.8 Å². The van der Waals surface area contributed by atoms with E-state index in [0.717, 1.165) is 38.3 Å². The number of nitrogens with zero attached hydrogens (tertiary/aromatic N) is 3. The molecule has 0 unspecified atom stereocenters. The highest BCUT2D eigenvalue weighted by Gasteiger charge is 2.27. The van der Waals surface area contributed by atoms with Crippen LogP contribution < -0.4 is 0 Å². The normalized spacial score (nSPS) is 18.5. The van der Waals surface area contributed by atoms with Crippen LogP contribution in [0.3, 0.4) is 0 Å². The zero-order chi connectivity index (χ0) is 16.2. The molecule has 0 radical (unpaired) electrons. The number of rotatable bonds is 5. The van der Waals surface area contributed by atoms with E-state index in [0.29, 0.717) is 13.0 Å². The molecule has 1 saturated heterocycles. The number of aliphatic hydroxyl groups excluding tert-OH is 1. The first-order chi connectivity index (χ1) is 10.4. The van der Waals surface area contributed by atoms with Gasteiger partial charge in [-0.25, -0.2) is 4.98 Å². The monoisotopic (exact) mass is 325 g/mol. The van der Waals surface area contributed by atoms with E-state index in [4.69, 9.17) is 0 Å². The molecular weight excluding hydrogens is 298 g/mol. The van der Waals surface area contributed by atoms with Crippen molar-refractivity contribution >= 4 is 17.2 Å². The number of aliphatic hydroxyl groups is 1. The van der Waals surface area contributed by atoms with Crippen LogP contribution in [0.15, 0.2) is 10.9 Å². The number of carbonyl (C=O) groups is 1. The van der Waals surface area contributed by atoms with Crippen molar-refractivity contribution in [3.05, 3.63) is 16.6 Å². The van der Waals surface area contributed by atoms with Crippen molar-refractivity contribution in [2.75, 3.05) is 32.7 Å². The lowest BCUT2D eigenvalue weighted by Crippen LogP contribution is -2.51. The van der Waals surface area contributed by atoms with Gasteiger partial charge in [0, 0.05) is 44.5 Å². The molecular formula is C16H27N3O2S. The number of piperazine rings is 1. The first kappa shape index (κ1) is 17.4. The highest BCUT2D eigenvalue weighted by molar-refractivity contribution is 7.07. The topological polar surface area (TPSA) is 56.7 Å². The zero-order valence-electron chi connectivity index (χ0n) is 13.8. The summed E-state index contributed by atoms with van der Waals surface area (Å²) in [4.78, 5) is 20.6. The molecule has 1 amide bonds. The van der Waals surface area contributed by atoms with Gasteiger partial charge < -0.3 is 10.0 Å². The molecule has 0 bridgehead atoms. The van der Waals surface area contributed by atoms with Gasteiger partial charge in [-0.15, -0.1) is 11.3 Å². The zero-order valence-corrected chi connectivity index (χ0v) is 14.6. The number of thiazole rings is 1. The van der Waals surface area contributed by atoms with E-state index in [1.165, 1.54) is 0 Å². The van der Waals surface area contributed by atoms with E-state index in [2.05, 4.69) is 30.7 Å². The van der Waals surface area contributed by atoms with Gasteiger partial charge in [0.15, 0.2) is 0 Å². The van der Waals surface area contributed by atoms with Crippen LogP contribution in [0.25, 0.3) is 0 Å². The fourth-order valence-electron chi connectivity index (χ4n) is 2.45. The van der Waals surface area contributed by atoms with Crippen molar-refractivity contribution in [2.45, 2.75) is 39.7 Å². The Morgan fingerprint density at radius 3 is 2.59 bits per heavy atom. The fourth-order valence-corrected chi connectivity index (χ4v) is 3.05. The number of carbonyl (C=O) groups excluding carboxylic acids is 1. The lowest BCUT2D eigenvalue weighted by Gasteiger charge is -2.38. The summed E-state index contributed by atoms with van der Waals surface area (Å²) >= 11 is 1.57. The number of amides is 1. The third-order valence-corrected chi connectivity index (χ3v) is 4.87. The smallest absolute Gasteiger partial charge is 0.223 e. The quantitative estimate of drug-likeness (QED) is 0.894. The summed E-state index contributed by atoms with van der Waals surface area (Å²) < 4.78 is 0. The predicted octanol–water partition coefficient (Wildman–Crippen LogP) is 1.63. The minimum atomic E-state index is -0.334. The molecule has 6 heteroatoms. The van der Waals surface area contributed by atoms with E-state index in [1.807, 2.05) is 10.3 Å². The molecule has 2 heterocycles. The molecule has 1 atom stereocenters. The number of hydrogen-bond acceptors (Lipinski definition) is 5. The average molecular weight is 325 g/mol. The standard InChI is InChI=1S/C16H27N3O2S/c1-16(2,3)14(20)10-18-6-8-19(9-7-18)15(21)5-4-13-11-22-12-17-13/h11-12,14,20H,4-10H2,1-3H3/t14-/m0/s1. The summed E-state index contributed by atoms with van der Waals surface area (Å²) in [7, 11) is 0. The van der Waals surface area contributed by atoms with Gasteiger partial charge in [-0.1, -0.05) is 20.8 Å². The van der Waals surface area contributed by atoms with Crippen molar-refractivity contribution in [3.63, 3.8) is 0 Å². The summed E-state index contributed by atoms with van der Waals surface area (Å²) in [5.74, 6) is 0.212. The minimum absolute atomic E-state index is 0.0967. The van der Waals surface area contributed by atoms with Crippen molar-refractivity contribution in [2.24, 2.45) is 5.41 Å². The van der Waals surface area contributed by atoms with E-state index in [9.17, 15) is 9.90 Å². The summed E-state index contributed by atoms with van der Waals surface area (Å²) in [6.45, 7) is 10.0. The molecule has 1 N–H and O–H groups in total. The SMILES string of the molecule is CC(C)(C)[C@@H](O)CN1CCN(C(=O)CCc2cscn2)CC1. The van der Waals surface area contributed by atoms with Gasteiger partial charge in [0.2, 0.25) is 5.91 Å². The Kier molecular flexibility index (Phi) is 5.94. The van der Waals surface area contributed by atoms with E-state index in [-0.39, 0.29) is 17.4 Å². The molecule has 124 valence electrons. The Hall–Kier alpha value is -0.980. The molecule has 5 nitrogen and oxygen atoms in total. The third-order valence-electron chi connectivity index (χ3n) is 4.23. The lowest BCUT2D eigenvalue weighted by molar-refractivity contribution is -0.133. The van der Waals surface area contributed by atoms with Crippen LogP contribution in [0.1, 0.15) is 32.9 Å². The van der Waals surface area contributed by atoms with Crippen molar-refractivity contribution in [1.29, 1.82) is 0 Å². The molecule has 0 saturated carbocycles. The largest absolute Gasteiger partial charge is 0.391 e. The maximum atomic E-state index is 12.2. The summed E-state index contributed by atoms with van der Waals surface area (Å²) in [6, 6.07) is 0. The van der Waals surface area contributed by atoms with Gasteiger partial charge in [-0.05, 0) is 11.8 Å². The Morgan fingerprint density at radius 1 is 1.36 bits per heavy atom. The number of β-amino-alcohol motifs (C(OH)–C–C–N with tert-alkyl or cyclic N) is 1. The highest BCUT2D eigenvalue weighted by atomic mass is 32.1. The first-order valence-corrected chi connectivity index (χ1v) is 8.86. The molecule has 0 aliphatic carbocycles. The van der Waals surface area contributed by atoms with Crippen molar-refractivity contribution in [3.8, 4) is 0 Å². The van der Waals surface area contributed by atoms with Crippen LogP contribution in [-0.4, -0.2) is 64.6 Å². The van der Waals surface area contributed by atoms with Crippen LogP contribution in [0, 0.1) is 5.41 Å². The Balaban J connectivity index is 1.71. The van der Waals surface area contributed by atoms with Gasteiger partial charge in [-0.3, -0.25) is 9.69 Å². The number of aryl methyl sites for hydroxylation is 1. The van der Waals surface area contributed by atoms with Crippen LogP contribution in [0.4, 0.5) is 0 Å². The molecule has 1 aromatic rings. The Labute approximate surface area is 137 Å². The average Bonchev–Trinajstić information content (AvgIpc) is 2.98. The second-order valence-electron chi connectivity index (χ2n) is 7.04. The van der Waals surface area contributed by atoms with Gasteiger partial charge in [0.25, 0.3) is 0 Å². The number of aromatic nitrogens is 1. The van der Waals surface area contributed by atoms with Gasteiger partial charge in [-0.2, -0.15) is 0 Å². The first-order valence-electron chi connectivity index (χ1n) is 7.91. The van der Waals surface area contributed by atoms with Gasteiger partial charge in [0.05, 0.1) is 17.3 Å². The van der Waals surface area contributed by atoms with Crippen LogP contribution in [-0.2, 0) is 11.2 Å². The maximum absolute atomic E-state index is 12.2. The third kappa shape index (κ3) is 5.04. The predicted molar refractivity (Wildman–Crippen MR) is 88.9 cm³/mol. The summed E-state index contributed by atoms with van der Waals surface area (Å²) in [5.41, 5.74) is 2.71. The summed E-state index contributed by atoms with van der Waals surface area (Å²) in [6.07, 6.45) is 0.930. The van der Waals surface area contributed by atoms with E-state index in [1.54, 1.807) is 16.8 Å². The van der Waals surface area contributed by atoms with Crippen LogP contribution in [0.5, 0.6) is 0 Å². The number of hydrogen-bond donors (Lipinski definition) is 1. The molecule has 0 spiro atoms. The van der Waals surface area contributed by atoms with E-state index < -0.39 is 0 Å². The van der Waals surface area contributed by atoms with Crippen LogP contribution in [0.2, 0.25) is 0 Å². The van der Waals surface area contributed by atoms with Gasteiger partial charge >= 0.3 is 0 Å².